The summed E-state index contributed by atoms with van der Waals surface area (Å²) in [6.45, 7) is 0.316. The first-order valence-electron chi connectivity index (χ1n) is 5.16. The van der Waals surface area contributed by atoms with Crippen LogP contribution in [-0.4, -0.2) is 44.0 Å². The number of Topliss-reactive ketones (excluding diaryl/α,β-unsaturated/α-hetero) is 1. The summed E-state index contributed by atoms with van der Waals surface area (Å²) in [5, 5.41) is 0. The minimum Gasteiger partial charge on any atom is -0.290 e. The van der Waals surface area contributed by atoms with Gasteiger partial charge in [0.2, 0.25) is 15.8 Å². The van der Waals surface area contributed by atoms with Crippen molar-refractivity contribution in [2.45, 2.75) is 25.4 Å². The lowest BCUT2D eigenvalue weighted by Gasteiger charge is -2.30. The van der Waals surface area contributed by atoms with Gasteiger partial charge in [0.05, 0.1) is 6.26 Å². The molecule has 1 rings (SSSR count). The van der Waals surface area contributed by atoms with E-state index in [4.69, 9.17) is 0 Å². The molecule has 0 N–H and O–H groups in total. The fourth-order valence-electron chi connectivity index (χ4n) is 1.87. The number of ketones is 1. The van der Waals surface area contributed by atoms with Gasteiger partial charge in [-0.1, -0.05) is 0 Å². The molecule has 1 aliphatic heterocycles. The van der Waals surface area contributed by atoms with Crippen molar-refractivity contribution in [2.24, 2.45) is 5.92 Å². The second kappa shape index (κ2) is 4.93. The van der Waals surface area contributed by atoms with Crippen molar-refractivity contribution in [1.82, 2.24) is 4.31 Å². The molecule has 0 spiro atoms. The molecule has 0 aromatic carbocycles. The molecule has 100 valence electrons. The van der Waals surface area contributed by atoms with Crippen LogP contribution in [0.2, 0.25) is 0 Å². The zero-order valence-electron chi connectivity index (χ0n) is 9.33. The molecule has 17 heavy (non-hydrogen) atoms. The quantitative estimate of drug-likeness (QED) is 0.776. The number of rotatable bonds is 3. The van der Waals surface area contributed by atoms with E-state index in [1.807, 2.05) is 0 Å². The van der Waals surface area contributed by atoms with Crippen molar-refractivity contribution in [3.8, 4) is 0 Å². The Morgan fingerprint density at radius 2 is 2.00 bits per heavy atom. The van der Waals surface area contributed by atoms with Gasteiger partial charge < -0.3 is 0 Å². The predicted molar refractivity (Wildman–Crippen MR) is 54.8 cm³/mol. The van der Waals surface area contributed by atoms with Gasteiger partial charge in [0.15, 0.2) is 0 Å². The van der Waals surface area contributed by atoms with Gasteiger partial charge in [0, 0.05) is 19.5 Å². The van der Waals surface area contributed by atoms with E-state index < -0.39 is 34.3 Å². The smallest absolute Gasteiger partial charge is 0.290 e. The number of nitrogens with zero attached hydrogens (tertiary/aromatic N) is 1. The topological polar surface area (TPSA) is 54.5 Å². The Labute approximate surface area is 97.8 Å². The van der Waals surface area contributed by atoms with E-state index in [-0.39, 0.29) is 6.54 Å². The van der Waals surface area contributed by atoms with Crippen molar-refractivity contribution < 1.29 is 26.4 Å². The fourth-order valence-corrected chi connectivity index (χ4v) is 2.81. The summed E-state index contributed by atoms with van der Waals surface area (Å²) in [5.74, 6) is -2.31. The Balaban J connectivity index is 2.60. The third kappa shape index (κ3) is 4.27. The largest absolute Gasteiger partial charge is 0.449 e. The Morgan fingerprint density at radius 1 is 1.41 bits per heavy atom. The number of hydrogen-bond acceptors (Lipinski definition) is 3. The van der Waals surface area contributed by atoms with Gasteiger partial charge in [0.25, 0.3) is 0 Å². The van der Waals surface area contributed by atoms with Crippen LogP contribution in [0.15, 0.2) is 0 Å². The van der Waals surface area contributed by atoms with Crippen LogP contribution in [0.1, 0.15) is 19.3 Å². The zero-order chi connectivity index (χ0) is 13.3. The summed E-state index contributed by atoms with van der Waals surface area (Å²) < 4.78 is 59.8. The summed E-state index contributed by atoms with van der Waals surface area (Å²) >= 11 is 0. The maximum atomic E-state index is 12.1. The number of alkyl halides is 3. The van der Waals surface area contributed by atoms with Gasteiger partial charge in [-0.05, 0) is 18.8 Å². The Morgan fingerprint density at radius 3 is 2.47 bits per heavy atom. The average molecular weight is 273 g/mol. The van der Waals surface area contributed by atoms with E-state index in [9.17, 15) is 26.4 Å². The lowest BCUT2D eigenvalue weighted by atomic mass is 9.94. The van der Waals surface area contributed by atoms with Crippen molar-refractivity contribution in [3.05, 3.63) is 0 Å². The highest BCUT2D eigenvalue weighted by Crippen LogP contribution is 2.26. The van der Waals surface area contributed by atoms with E-state index in [0.29, 0.717) is 19.4 Å². The number of hydrogen-bond donors (Lipinski definition) is 0. The lowest BCUT2D eigenvalue weighted by Crippen LogP contribution is -2.40. The molecule has 0 amide bonds. The van der Waals surface area contributed by atoms with E-state index in [1.165, 1.54) is 0 Å². The molecule has 1 saturated heterocycles. The van der Waals surface area contributed by atoms with Crippen LogP contribution in [0.25, 0.3) is 0 Å². The average Bonchev–Trinajstić information content (AvgIpc) is 2.15. The maximum absolute atomic E-state index is 12.1. The molecular weight excluding hydrogens is 259 g/mol. The third-order valence-corrected chi connectivity index (χ3v) is 4.01. The SMILES string of the molecule is CS(=O)(=O)N1CCCC(CC(=O)C(F)(F)F)C1. The monoisotopic (exact) mass is 273 g/mol. The minimum absolute atomic E-state index is 0.000648. The molecule has 8 heteroatoms. The van der Waals surface area contributed by atoms with Gasteiger partial charge in [0.1, 0.15) is 0 Å². The predicted octanol–water partition coefficient (Wildman–Crippen LogP) is 1.18. The Kier molecular flexibility index (Phi) is 4.19. The summed E-state index contributed by atoms with van der Waals surface area (Å²) in [6.07, 6.45) is -3.50. The van der Waals surface area contributed by atoms with Crippen LogP contribution in [0.4, 0.5) is 13.2 Å². The van der Waals surface area contributed by atoms with Crippen LogP contribution in [0, 0.1) is 5.92 Å². The number of piperidine rings is 1. The van der Waals surface area contributed by atoms with Crippen LogP contribution < -0.4 is 0 Å². The first-order valence-corrected chi connectivity index (χ1v) is 7.00. The van der Waals surface area contributed by atoms with Crippen LogP contribution in [0.5, 0.6) is 0 Å². The van der Waals surface area contributed by atoms with Crippen molar-refractivity contribution in [2.75, 3.05) is 19.3 Å². The molecule has 1 aliphatic rings. The van der Waals surface area contributed by atoms with E-state index in [1.54, 1.807) is 0 Å². The lowest BCUT2D eigenvalue weighted by molar-refractivity contribution is -0.172. The first kappa shape index (κ1) is 14.4. The number of halogens is 3. The van der Waals surface area contributed by atoms with Crippen LogP contribution >= 0.6 is 0 Å². The Hall–Kier alpha value is -0.630. The summed E-state index contributed by atoms with van der Waals surface area (Å²) in [7, 11) is -3.39. The summed E-state index contributed by atoms with van der Waals surface area (Å²) in [6, 6.07) is 0. The number of carbonyl (C=O) groups is 1. The van der Waals surface area contributed by atoms with Gasteiger partial charge in [-0.3, -0.25) is 4.79 Å². The number of sulfonamides is 1. The van der Waals surface area contributed by atoms with Gasteiger partial charge >= 0.3 is 6.18 Å². The number of carbonyl (C=O) groups excluding carboxylic acids is 1. The molecule has 0 aromatic rings. The maximum Gasteiger partial charge on any atom is 0.449 e. The van der Waals surface area contributed by atoms with Crippen LogP contribution in [-0.2, 0) is 14.8 Å². The highest BCUT2D eigenvalue weighted by atomic mass is 32.2. The minimum atomic E-state index is -4.83. The molecule has 1 atom stereocenters. The van der Waals surface area contributed by atoms with Crippen molar-refractivity contribution in [1.29, 1.82) is 0 Å². The highest BCUT2D eigenvalue weighted by molar-refractivity contribution is 7.88. The first-order chi connectivity index (χ1) is 7.60. The molecule has 1 heterocycles. The molecule has 1 unspecified atom stereocenters. The van der Waals surface area contributed by atoms with Crippen LogP contribution in [0.3, 0.4) is 0 Å². The second-order valence-electron chi connectivity index (χ2n) is 4.25. The molecule has 0 aromatic heterocycles. The molecule has 0 aliphatic carbocycles. The zero-order valence-corrected chi connectivity index (χ0v) is 10.1. The van der Waals surface area contributed by atoms with Crippen molar-refractivity contribution >= 4 is 15.8 Å². The van der Waals surface area contributed by atoms with E-state index in [0.717, 1.165) is 10.6 Å². The molecule has 1 fully saturated rings. The van der Waals surface area contributed by atoms with Gasteiger partial charge in [-0.15, -0.1) is 0 Å². The molecule has 0 bridgehead atoms. The standard InChI is InChI=1S/C9H14F3NO3S/c1-17(15,16)13-4-2-3-7(6-13)5-8(14)9(10,11)12/h7H,2-6H2,1H3. The summed E-state index contributed by atoms with van der Waals surface area (Å²) in [4.78, 5) is 10.8. The van der Waals surface area contributed by atoms with E-state index in [2.05, 4.69) is 0 Å². The molecule has 4 nitrogen and oxygen atoms in total. The fraction of sp³-hybridized carbons (Fsp3) is 0.889. The highest BCUT2D eigenvalue weighted by Gasteiger charge is 2.40. The van der Waals surface area contributed by atoms with E-state index >= 15 is 0 Å². The molecule has 0 radical (unpaired) electrons. The normalized spacial score (nSPS) is 23.6. The third-order valence-electron chi connectivity index (χ3n) is 2.74. The van der Waals surface area contributed by atoms with Gasteiger partial charge in [-0.2, -0.15) is 13.2 Å². The Bertz CT molecular complexity index is 391. The summed E-state index contributed by atoms with van der Waals surface area (Å²) in [5.41, 5.74) is 0. The van der Waals surface area contributed by atoms with Crippen molar-refractivity contribution in [3.63, 3.8) is 0 Å². The molecular formula is C9H14F3NO3S. The van der Waals surface area contributed by atoms with Gasteiger partial charge in [-0.25, -0.2) is 12.7 Å². The molecule has 0 saturated carbocycles. The second-order valence-corrected chi connectivity index (χ2v) is 6.24.